The maximum Gasteiger partial charge on any atom is 0.246 e. The summed E-state index contributed by atoms with van der Waals surface area (Å²) in [7, 11) is 1.63. The van der Waals surface area contributed by atoms with Gasteiger partial charge in [0.15, 0.2) is 0 Å². The van der Waals surface area contributed by atoms with Crippen LogP contribution in [0.4, 0.5) is 5.69 Å². The van der Waals surface area contributed by atoms with Crippen LogP contribution in [0.5, 0.6) is 5.75 Å². The van der Waals surface area contributed by atoms with Crippen LogP contribution in [0, 0.1) is 13.5 Å². The Kier molecular flexibility index (Phi) is 4.52. The number of methoxy groups -OCH3 is 1. The molecule has 8 heteroatoms. The molecule has 2 aromatic heterocycles. The van der Waals surface area contributed by atoms with Crippen molar-refractivity contribution in [3.8, 4) is 17.2 Å². The average Bonchev–Trinajstić information content (AvgIpc) is 3.28. The van der Waals surface area contributed by atoms with E-state index >= 15 is 0 Å². The lowest BCUT2D eigenvalue weighted by molar-refractivity contribution is 0.419. The maximum atomic E-state index is 7.28. The van der Waals surface area contributed by atoms with E-state index in [2.05, 4.69) is 20.0 Å². The lowest BCUT2D eigenvalue weighted by Crippen LogP contribution is -1.88. The number of aromatic nitrogens is 3. The normalized spacial score (nSPS) is 10.9. The van der Waals surface area contributed by atoms with Crippen LogP contribution in [0.15, 0.2) is 34.7 Å². The molecule has 0 unspecified atom stereocenters. The Balaban J connectivity index is 1.65. The van der Waals surface area contributed by atoms with Crippen molar-refractivity contribution in [3.63, 3.8) is 0 Å². The summed E-state index contributed by atoms with van der Waals surface area (Å²) in [4.78, 5) is 8.10. The Bertz CT molecular complexity index is 1190. The highest BCUT2D eigenvalue weighted by Gasteiger charge is 2.17. The molecule has 0 N–H and O–H groups in total. The fourth-order valence-corrected chi connectivity index (χ4v) is 4.03. The summed E-state index contributed by atoms with van der Waals surface area (Å²) >= 11 is 7.63. The number of hydrogen-bond acceptors (Lipinski definition) is 6. The molecule has 6 nitrogen and oxygen atoms in total. The second-order valence-electron chi connectivity index (χ2n) is 5.77. The van der Waals surface area contributed by atoms with Crippen molar-refractivity contribution in [2.45, 2.75) is 13.3 Å². The number of para-hydroxylation sites is 1. The smallest absolute Gasteiger partial charge is 0.246 e. The minimum absolute atomic E-state index is 0.364. The number of thiazole rings is 1. The zero-order chi connectivity index (χ0) is 19.0. The van der Waals surface area contributed by atoms with Gasteiger partial charge in [-0.05, 0) is 24.6 Å². The fourth-order valence-electron chi connectivity index (χ4n) is 2.81. The molecule has 0 bridgehead atoms. The first kappa shape index (κ1) is 17.5. The van der Waals surface area contributed by atoms with E-state index in [0.717, 1.165) is 26.5 Å². The Hall–Kier alpha value is -2.95. The van der Waals surface area contributed by atoms with Gasteiger partial charge in [0.25, 0.3) is 0 Å². The molecule has 0 aliphatic rings. The van der Waals surface area contributed by atoms with Gasteiger partial charge in [0.1, 0.15) is 16.3 Å². The highest BCUT2D eigenvalue weighted by Crippen LogP contribution is 2.36. The number of rotatable bonds is 4. The van der Waals surface area contributed by atoms with E-state index in [0.29, 0.717) is 34.5 Å². The van der Waals surface area contributed by atoms with Crippen LogP contribution in [0.3, 0.4) is 0 Å². The number of halogens is 1. The SMILES string of the molecule is [C-]#[N+]c1c(Cl)ccc(-c2nnc(Cc3nc4c(OC)cccc4s3)o2)c1C. The first-order valence-electron chi connectivity index (χ1n) is 8.02. The van der Waals surface area contributed by atoms with Gasteiger partial charge in [-0.3, -0.25) is 0 Å². The molecule has 2 heterocycles. The summed E-state index contributed by atoms with van der Waals surface area (Å²) in [5.41, 5.74) is 2.65. The summed E-state index contributed by atoms with van der Waals surface area (Å²) in [6.45, 7) is 9.10. The molecule has 27 heavy (non-hydrogen) atoms. The van der Waals surface area contributed by atoms with Crippen LogP contribution in [0.25, 0.3) is 26.5 Å². The molecule has 0 aliphatic carbocycles. The van der Waals surface area contributed by atoms with Gasteiger partial charge < -0.3 is 9.15 Å². The molecule has 0 aliphatic heterocycles. The topological polar surface area (TPSA) is 65.4 Å². The van der Waals surface area contributed by atoms with Crippen molar-refractivity contribution in [3.05, 3.63) is 63.2 Å². The standard InChI is InChI=1S/C19H13ClN4O2S/c1-10-11(7-8-12(20)17(10)21-2)19-24-23-15(26-19)9-16-22-18-13(25-3)5-4-6-14(18)27-16/h4-8H,9H2,1,3H3. The molecule has 4 aromatic rings. The van der Waals surface area contributed by atoms with E-state index in [-0.39, 0.29) is 0 Å². The summed E-state index contributed by atoms with van der Waals surface area (Å²) in [5.74, 6) is 1.56. The largest absolute Gasteiger partial charge is 0.494 e. The van der Waals surface area contributed by atoms with E-state index in [1.165, 1.54) is 0 Å². The molecular weight excluding hydrogens is 384 g/mol. The van der Waals surface area contributed by atoms with Gasteiger partial charge in [0, 0.05) is 10.6 Å². The third-order valence-corrected chi connectivity index (χ3v) is 5.47. The van der Waals surface area contributed by atoms with Gasteiger partial charge in [-0.15, -0.1) is 21.5 Å². The summed E-state index contributed by atoms with van der Waals surface area (Å²) in [5, 5.41) is 9.53. The molecule has 0 fully saturated rings. The van der Waals surface area contributed by atoms with Crippen LogP contribution in [-0.4, -0.2) is 22.3 Å². The van der Waals surface area contributed by atoms with E-state index in [1.54, 1.807) is 30.6 Å². The number of hydrogen-bond donors (Lipinski definition) is 0. The highest BCUT2D eigenvalue weighted by molar-refractivity contribution is 7.18. The quantitative estimate of drug-likeness (QED) is 0.428. The maximum absolute atomic E-state index is 7.28. The monoisotopic (exact) mass is 396 g/mol. The predicted molar refractivity (Wildman–Crippen MR) is 105 cm³/mol. The molecule has 0 amide bonds. The van der Waals surface area contributed by atoms with Gasteiger partial charge in [0.2, 0.25) is 17.5 Å². The Morgan fingerprint density at radius 3 is 2.89 bits per heavy atom. The molecule has 0 saturated heterocycles. The van der Waals surface area contributed by atoms with Gasteiger partial charge in [0.05, 0.1) is 24.8 Å². The minimum atomic E-state index is 0.364. The lowest BCUT2D eigenvalue weighted by Gasteiger charge is -2.04. The Morgan fingerprint density at radius 2 is 2.11 bits per heavy atom. The highest BCUT2D eigenvalue weighted by atomic mass is 35.5. The van der Waals surface area contributed by atoms with Crippen molar-refractivity contribution in [1.29, 1.82) is 0 Å². The molecule has 0 radical (unpaired) electrons. The van der Waals surface area contributed by atoms with Crippen LogP contribution in [0.2, 0.25) is 5.02 Å². The van der Waals surface area contributed by atoms with Gasteiger partial charge in [-0.2, -0.15) is 0 Å². The van der Waals surface area contributed by atoms with Crippen LogP contribution in [0.1, 0.15) is 16.5 Å². The molecule has 0 atom stereocenters. The Morgan fingerprint density at radius 1 is 1.26 bits per heavy atom. The number of benzene rings is 2. The van der Waals surface area contributed by atoms with Gasteiger partial charge in [-0.1, -0.05) is 29.8 Å². The van der Waals surface area contributed by atoms with Gasteiger partial charge >= 0.3 is 0 Å². The predicted octanol–water partition coefficient (Wildman–Crippen LogP) is 5.46. The molecule has 4 rings (SSSR count). The van der Waals surface area contributed by atoms with E-state index < -0.39 is 0 Å². The van der Waals surface area contributed by atoms with Crippen LogP contribution < -0.4 is 4.74 Å². The average molecular weight is 397 g/mol. The van der Waals surface area contributed by atoms with Crippen molar-refractivity contribution < 1.29 is 9.15 Å². The molecule has 2 aromatic carbocycles. The van der Waals surface area contributed by atoms with Crippen LogP contribution >= 0.6 is 22.9 Å². The summed E-state index contributed by atoms with van der Waals surface area (Å²) < 4.78 is 12.2. The van der Waals surface area contributed by atoms with Gasteiger partial charge in [-0.25, -0.2) is 9.83 Å². The summed E-state index contributed by atoms with van der Waals surface area (Å²) in [6.07, 6.45) is 0.428. The lowest BCUT2D eigenvalue weighted by atomic mass is 10.1. The number of nitrogens with zero attached hydrogens (tertiary/aromatic N) is 4. The first-order chi connectivity index (χ1) is 13.1. The number of ether oxygens (including phenoxy) is 1. The zero-order valence-electron chi connectivity index (χ0n) is 14.5. The van der Waals surface area contributed by atoms with Crippen molar-refractivity contribution in [1.82, 2.24) is 15.2 Å². The third kappa shape index (κ3) is 3.14. The zero-order valence-corrected chi connectivity index (χ0v) is 16.1. The number of fused-ring (bicyclic) bond motifs is 1. The molecule has 134 valence electrons. The third-order valence-electron chi connectivity index (χ3n) is 4.14. The minimum Gasteiger partial charge on any atom is -0.494 e. The van der Waals surface area contributed by atoms with E-state index in [4.69, 9.17) is 27.3 Å². The van der Waals surface area contributed by atoms with E-state index in [9.17, 15) is 0 Å². The van der Waals surface area contributed by atoms with Crippen molar-refractivity contribution in [2.75, 3.05) is 7.11 Å². The summed E-state index contributed by atoms with van der Waals surface area (Å²) in [6, 6.07) is 9.27. The second-order valence-corrected chi connectivity index (χ2v) is 7.30. The van der Waals surface area contributed by atoms with Crippen molar-refractivity contribution in [2.24, 2.45) is 0 Å². The molecule has 0 spiro atoms. The molecular formula is C19H13ClN4O2S. The first-order valence-corrected chi connectivity index (χ1v) is 9.22. The van der Waals surface area contributed by atoms with Crippen LogP contribution in [-0.2, 0) is 6.42 Å². The fraction of sp³-hybridized carbons (Fsp3) is 0.158. The van der Waals surface area contributed by atoms with E-state index in [1.807, 2.05) is 25.1 Å². The second kappa shape index (κ2) is 6.99. The molecule has 0 saturated carbocycles. The van der Waals surface area contributed by atoms with Crippen molar-refractivity contribution >= 4 is 38.8 Å². The Labute approximate surface area is 164 Å².